The molecular weight excluding hydrogens is 425 g/mol. The second-order valence-corrected chi connectivity index (χ2v) is 6.59. The summed E-state index contributed by atoms with van der Waals surface area (Å²) >= 11 is 0.532. The van der Waals surface area contributed by atoms with Gasteiger partial charge in [-0.3, -0.25) is 4.79 Å². The highest BCUT2D eigenvalue weighted by atomic mass is 32.1. The number of halogens is 3. The first-order chi connectivity index (χ1) is 14.3. The Labute approximate surface area is 172 Å². The summed E-state index contributed by atoms with van der Waals surface area (Å²) in [7, 11) is 0. The number of aromatic nitrogens is 1. The molecule has 0 spiro atoms. The summed E-state index contributed by atoms with van der Waals surface area (Å²) in [6, 6.07) is 8.77. The molecule has 3 rings (SSSR count). The van der Waals surface area contributed by atoms with Crippen molar-refractivity contribution in [1.29, 1.82) is 0 Å². The minimum absolute atomic E-state index is 0.191. The van der Waals surface area contributed by atoms with Crippen molar-refractivity contribution < 1.29 is 37.0 Å². The Morgan fingerprint density at radius 2 is 1.80 bits per heavy atom. The topological polar surface area (TPSA) is 101 Å². The number of aryl methyl sites for hydroxylation is 1. The van der Waals surface area contributed by atoms with Gasteiger partial charge in [0.05, 0.1) is 5.56 Å². The average Bonchev–Trinajstić information content (AvgIpc) is 3.09. The van der Waals surface area contributed by atoms with Crippen molar-refractivity contribution in [3.05, 3.63) is 70.5 Å². The summed E-state index contributed by atoms with van der Waals surface area (Å²) in [5.74, 6) is -5.00. The minimum Gasteiger partial charge on any atom is -0.471 e. The molecule has 0 fully saturated rings. The average molecular weight is 438 g/mol. The Hall–Kier alpha value is -3.60. The summed E-state index contributed by atoms with van der Waals surface area (Å²) in [6.07, 6.45) is -1.17. The lowest BCUT2D eigenvalue weighted by Gasteiger charge is -2.09. The lowest BCUT2D eigenvalue weighted by molar-refractivity contribution is 0.0992. The number of carbonyl (C=O) groups is 2. The number of nitrogens with zero attached hydrogens (tertiary/aromatic N) is 1. The molecule has 0 atom stereocenters. The van der Waals surface area contributed by atoms with Crippen molar-refractivity contribution in [1.82, 2.24) is 4.37 Å². The van der Waals surface area contributed by atoms with Crippen LogP contribution in [0.2, 0.25) is 0 Å². The maximum atomic E-state index is 14.0. The predicted octanol–water partition coefficient (Wildman–Crippen LogP) is 4.12. The Morgan fingerprint density at radius 3 is 2.47 bits per heavy atom. The minimum atomic E-state index is -1.42. The molecule has 7 nitrogen and oxygen atoms in total. The first-order valence-electron chi connectivity index (χ1n) is 8.28. The van der Waals surface area contributed by atoms with Gasteiger partial charge in [0.15, 0.2) is 17.2 Å². The van der Waals surface area contributed by atoms with Gasteiger partial charge in [-0.2, -0.15) is 4.37 Å². The third-order valence-electron chi connectivity index (χ3n) is 3.78. The van der Waals surface area contributed by atoms with E-state index in [0.29, 0.717) is 11.5 Å². The predicted molar refractivity (Wildman–Crippen MR) is 99.1 cm³/mol. The number of primary amides is 1. The molecule has 11 heteroatoms. The van der Waals surface area contributed by atoms with E-state index in [2.05, 4.69) is 4.37 Å². The van der Waals surface area contributed by atoms with Crippen LogP contribution in [-0.2, 0) is 6.61 Å². The number of ether oxygens (including phenoxy) is 3. The van der Waals surface area contributed by atoms with E-state index in [1.165, 1.54) is 19.1 Å². The molecular formula is C19H13F3N2O5S. The summed E-state index contributed by atoms with van der Waals surface area (Å²) in [6.45, 7) is 0.419. The summed E-state index contributed by atoms with van der Waals surface area (Å²) in [5.41, 5.74) is 3.92. The van der Waals surface area contributed by atoms with Crippen LogP contribution in [0.4, 0.5) is 18.0 Å². The highest BCUT2D eigenvalue weighted by molar-refractivity contribution is 7.08. The van der Waals surface area contributed by atoms with E-state index in [1.807, 2.05) is 0 Å². The molecule has 0 bridgehead atoms. The SMILES string of the molecule is Cc1cc(F)c(COc2nsc(OC(=O)Oc3ccccc3)c2C(N)=O)c(F)c1F. The molecule has 1 amide bonds. The smallest absolute Gasteiger partial charge is 0.471 e. The molecule has 0 saturated heterocycles. The zero-order chi connectivity index (χ0) is 21.8. The fraction of sp³-hybridized carbons (Fsp3) is 0.105. The fourth-order valence-corrected chi connectivity index (χ4v) is 3.04. The molecule has 2 N–H and O–H groups in total. The Morgan fingerprint density at radius 1 is 1.10 bits per heavy atom. The Balaban J connectivity index is 1.77. The molecule has 0 saturated carbocycles. The number of benzene rings is 2. The number of hydrogen-bond donors (Lipinski definition) is 1. The fourth-order valence-electron chi connectivity index (χ4n) is 2.34. The van der Waals surface area contributed by atoms with Crippen molar-refractivity contribution in [3.63, 3.8) is 0 Å². The number of carbonyl (C=O) groups excluding carboxylic acids is 2. The number of rotatable bonds is 6. The Bertz CT molecular complexity index is 1110. The maximum Gasteiger partial charge on any atom is 0.520 e. The second kappa shape index (κ2) is 8.82. The van der Waals surface area contributed by atoms with Crippen LogP contribution < -0.4 is 19.9 Å². The van der Waals surface area contributed by atoms with Gasteiger partial charge in [-0.05, 0) is 30.7 Å². The third-order valence-corrected chi connectivity index (χ3v) is 4.50. The van der Waals surface area contributed by atoms with Crippen LogP contribution in [0.25, 0.3) is 0 Å². The van der Waals surface area contributed by atoms with Crippen molar-refractivity contribution in [2.45, 2.75) is 13.5 Å². The Kier molecular flexibility index (Phi) is 6.21. The van der Waals surface area contributed by atoms with Crippen molar-refractivity contribution in [2.24, 2.45) is 5.73 Å². The van der Waals surface area contributed by atoms with Gasteiger partial charge in [0.25, 0.3) is 5.91 Å². The van der Waals surface area contributed by atoms with Gasteiger partial charge >= 0.3 is 6.16 Å². The maximum absolute atomic E-state index is 14.0. The lowest BCUT2D eigenvalue weighted by Crippen LogP contribution is -2.18. The van der Waals surface area contributed by atoms with Crippen LogP contribution in [0.5, 0.6) is 16.7 Å². The molecule has 0 aliphatic rings. The van der Waals surface area contributed by atoms with E-state index in [9.17, 15) is 22.8 Å². The lowest BCUT2D eigenvalue weighted by atomic mass is 10.1. The van der Waals surface area contributed by atoms with Crippen LogP contribution >= 0.6 is 11.5 Å². The number of nitrogens with two attached hydrogens (primary N) is 1. The van der Waals surface area contributed by atoms with Crippen molar-refractivity contribution in [3.8, 4) is 16.7 Å². The molecule has 2 aromatic carbocycles. The number of hydrogen-bond acceptors (Lipinski definition) is 7. The van der Waals surface area contributed by atoms with E-state index in [4.69, 9.17) is 19.9 Å². The monoisotopic (exact) mass is 438 g/mol. The van der Waals surface area contributed by atoms with E-state index >= 15 is 0 Å². The summed E-state index contributed by atoms with van der Waals surface area (Å²) in [5, 5.41) is -0.338. The third kappa shape index (κ3) is 4.51. The van der Waals surface area contributed by atoms with Crippen LogP contribution in [0.3, 0.4) is 0 Å². The van der Waals surface area contributed by atoms with Crippen LogP contribution in [0.1, 0.15) is 21.5 Å². The number of para-hydroxylation sites is 1. The standard InChI is InChI=1S/C19H13F3N2O5S/c1-9-7-12(20)11(15(22)14(9)21)8-27-17-13(16(23)25)18(30-24-17)29-19(26)28-10-5-3-2-4-6-10/h2-7H,8H2,1H3,(H2,23,25). The zero-order valence-electron chi connectivity index (χ0n) is 15.3. The van der Waals surface area contributed by atoms with Gasteiger partial charge in [-0.15, -0.1) is 0 Å². The van der Waals surface area contributed by atoms with Crippen LogP contribution in [-0.4, -0.2) is 16.4 Å². The highest BCUT2D eigenvalue weighted by Gasteiger charge is 2.26. The van der Waals surface area contributed by atoms with Crippen LogP contribution in [0.15, 0.2) is 36.4 Å². The van der Waals surface area contributed by atoms with Crippen LogP contribution in [0, 0.1) is 24.4 Å². The van der Waals surface area contributed by atoms with Crippen molar-refractivity contribution >= 4 is 23.6 Å². The number of amides is 1. The van der Waals surface area contributed by atoms with Gasteiger partial charge in [-0.25, -0.2) is 18.0 Å². The second-order valence-electron chi connectivity index (χ2n) is 5.85. The molecule has 0 aliphatic heterocycles. The van der Waals surface area contributed by atoms with E-state index in [-0.39, 0.29) is 16.4 Å². The molecule has 156 valence electrons. The van der Waals surface area contributed by atoms with E-state index in [0.717, 1.165) is 6.07 Å². The molecule has 0 radical (unpaired) electrons. The summed E-state index contributed by atoms with van der Waals surface area (Å²) in [4.78, 5) is 23.7. The molecule has 1 aromatic heterocycles. The highest BCUT2D eigenvalue weighted by Crippen LogP contribution is 2.34. The van der Waals surface area contributed by atoms with Gasteiger partial charge in [0, 0.05) is 11.5 Å². The normalized spacial score (nSPS) is 10.5. The summed E-state index contributed by atoms with van der Waals surface area (Å²) < 4.78 is 60.4. The molecule has 0 aliphatic carbocycles. The quantitative estimate of drug-likeness (QED) is 0.353. The van der Waals surface area contributed by atoms with Gasteiger partial charge in [-0.1, -0.05) is 18.2 Å². The first-order valence-corrected chi connectivity index (χ1v) is 9.05. The van der Waals surface area contributed by atoms with Crippen molar-refractivity contribution in [2.75, 3.05) is 0 Å². The van der Waals surface area contributed by atoms with E-state index < -0.39 is 53.1 Å². The first kappa shape index (κ1) is 21.1. The van der Waals surface area contributed by atoms with Gasteiger partial charge in [0.1, 0.15) is 18.2 Å². The van der Waals surface area contributed by atoms with E-state index in [1.54, 1.807) is 18.2 Å². The largest absolute Gasteiger partial charge is 0.520 e. The molecule has 1 heterocycles. The molecule has 30 heavy (non-hydrogen) atoms. The molecule has 3 aromatic rings. The molecule has 0 unspecified atom stereocenters. The zero-order valence-corrected chi connectivity index (χ0v) is 16.1. The van der Waals surface area contributed by atoms with Gasteiger partial charge in [0.2, 0.25) is 10.9 Å². The van der Waals surface area contributed by atoms with Gasteiger partial charge < -0.3 is 19.9 Å².